The van der Waals surface area contributed by atoms with E-state index in [9.17, 15) is 9.13 Å². The second-order valence-electron chi connectivity index (χ2n) is 2.58. The number of hydrogen-bond donors (Lipinski definition) is 0. The first-order chi connectivity index (χ1) is 4.30. The Labute approximate surface area is 101 Å². The Morgan fingerprint density at radius 1 is 1.00 bits per heavy atom. The Hall–Kier alpha value is 1.65. The quantitative estimate of drug-likeness (QED) is 0.479. The summed E-state index contributed by atoms with van der Waals surface area (Å²) in [4.78, 5) is 0. The first-order valence-electron chi connectivity index (χ1n) is 3.44. The van der Waals surface area contributed by atoms with E-state index in [1.807, 2.05) is 0 Å². The van der Waals surface area contributed by atoms with Gasteiger partial charge in [-0.2, -0.15) is 0 Å². The normalized spacial score (nSPS) is 16.2. The molecule has 0 spiro atoms. The molecule has 0 radical (unpaired) electrons. The predicted octanol–water partition coefficient (Wildman–Crippen LogP) is 0.594. The fourth-order valence-corrected chi connectivity index (χ4v) is 5.88. The van der Waals surface area contributed by atoms with Gasteiger partial charge in [0.1, 0.15) is 0 Å². The zero-order valence-electron chi connectivity index (χ0n) is 5.88. The molecule has 0 aromatic rings. The van der Waals surface area contributed by atoms with Crippen LogP contribution in [-0.2, 0) is 9.13 Å². The summed E-state index contributed by atoms with van der Waals surface area (Å²) in [7, 11) is 0. The summed E-state index contributed by atoms with van der Waals surface area (Å²) in [6, 6.07) is 0. The van der Waals surface area contributed by atoms with E-state index in [1.165, 1.54) is 19.3 Å². The summed E-state index contributed by atoms with van der Waals surface area (Å²) < 4.78 is 20.9. The van der Waals surface area contributed by atoms with E-state index in [-0.39, 0.29) is 43.2 Å². The van der Waals surface area contributed by atoms with Crippen LogP contribution >= 0.6 is 6.33 Å². The zero-order valence-corrected chi connectivity index (χ0v) is 7.93. The van der Waals surface area contributed by atoms with Crippen molar-refractivity contribution in [2.24, 2.45) is 0 Å². The van der Waals surface area contributed by atoms with Crippen LogP contribution in [0.15, 0.2) is 0 Å². The van der Waals surface area contributed by atoms with Crippen molar-refractivity contribution >= 4 is 57.8 Å². The van der Waals surface area contributed by atoms with Gasteiger partial charge in [0, 0.05) is 0 Å². The van der Waals surface area contributed by atoms with Crippen LogP contribution in [0.3, 0.4) is 0 Å². The monoisotopic (exact) mass is 220 g/mol. The van der Waals surface area contributed by atoms with Gasteiger partial charge in [0.05, 0.1) is 0 Å². The fraction of sp³-hybridized carbons (Fsp3) is 1.00. The minimum atomic E-state index is -1.98. The molecule has 11 heavy (non-hydrogen) atoms. The van der Waals surface area contributed by atoms with Gasteiger partial charge in [0.2, 0.25) is 0 Å². The fourth-order valence-electron chi connectivity index (χ4n) is 1.29. The van der Waals surface area contributed by atoms with E-state index in [0.29, 0.717) is 0 Å². The van der Waals surface area contributed by atoms with Crippen LogP contribution < -0.4 is 0 Å². The SMILES string of the molecule is O.O=[P](=O)[Al]1[CH2]CCC[CH2]1.[CaH2]. The summed E-state index contributed by atoms with van der Waals surface area (Å²) in [5.41, 5.74) is 0. The molecule has 2 N–H and O–H groups in total. The Balaban J connectivity index is 0. The Morgan fingerprint density at radius 2 is 1.45 bits per heavy atom. The van der Waals surface area contributed by atoms with Crippen LogP contribution in [0, 0.1) is 0 Å². The molecule has 0 amide bonds. The summed E-state index contributed by atoms with van der Waals surface area (Å²) >= 11 is -1.25. The van der Waals surface area contributed by atoms with Crippen molar-refractivity contribution in [1.82, 2.24) is 0 Å². The summed E-state index contributed by atoms with van der Waals surface area (Å²) in [6.07, 6.45) is 1.61. The van der Waals surface area contributed by atoms with E-state index < -0.39 is 20.0 Å². The predicted molar refractivity (Wildman–Crippen MR) is 49.7 cm³/mol. The third kappa shape index (κ3) is 5.82. The third-order valence-electron chi connectivity index (χ3n) is 1.87. The topological polar surface area (TPSA) is 65.6 Å². The second-order valence-corrected chi connectivity index (χ2v) is 9.07. The van der Waals surface area contributed by atoms with Gasteiger partial charge in [-0.25, -0.2) is 0 Å². The molecule has 6 heteroatoms. The molecule has 1 aliphatic rings. The van der Waals surface area contributed by atoms with Gasteiger partial charge in [-0.15, -0.1) is 0 Å². The molecule has 62 valence electrons. The van der Waals surface area contributed by atoms with E-state index >= 15 is 0 Å². The molecular weight excluding hydrogens is 206 g/mol. The summed E-state index contributed by atoms with van der Waals surface area (Å²) in [5, 5.41) is 2.08. The Bertz CT molecular complexity index is 148. The van der Waals surface area contributed by atoms with Gasteiger partial charge in [0.15, 0.2) is 6.33 Å². The van der Waals surface area contributed by atoms with E-state index in [2.05, 4.69) is 0 Å². The third-order valence-corrected chi connectivity index (χ3v) is 7.96. The van der Waals surface area contributed by atoms with Crippen LogP contribution in [0.25, 0.3) is 0 Å². The van der Waals surface area contributed by atoms with Crippen molar-refractivity contribution in [3.8, 4) is 0 Å². The van der Waals surface area contributed by atoms with Crippen LogP contribution in [0.4, 0.5) is 0 Å². The molecule has 0 aromatic carbocycles. The zero-order chi connectivity index (χ0) is 6.69. The van der Waals surface area contributed by atoms with Gasteiger partial charge in [-0.05, 0) is 0 Å². The molecule has 1 rings (SSSR count). The van der Waals surface area contributed by atoms with E-state index in [1.54, 1.807) is 0 Å². The van der Waals surface area contributed by atoms with Crippen LogP contribution in [0.2, 0.25) is 10.6 Å². The van der Waals surface area contributed by atoms with Gasteiger partial charge in [0.25, 0.3) is 0 Å². The van der Waals surface area contributed by atoms with E-state index in [0.717, 1.165) is 10.6 Å². The van der Waals surface area contributed by atoms with Gasteiger partial charge in [-0.1, -0.05) is 29.8 Å². The molecular formula is C5H14AlCaO3P. The average molecular weight is 220 g/mol. The summed E-state index contributed by atoms with van der Waals surface area (Å²) in [5.74, 6) is 0. The molecule has 1 saturated heterocycles. The van der Waals surface area contributed by atoms with Crippen molar-refractivity contribution in [3.63, 3.8) is 0 Å². The standard InChI is InChI=1S/C5H10.Al.Ca.O2P.H2O.2H/c1-3-5-4-2;;;1-3-2;;;/h1-5H2;;;;1H2;;. The first kappa shape index (κ1) is 15.1. The van der Waals surface area contributed by atoms with E-state index in [4.69, 9.17) is 0 Å². The molecule has 0 unspecified atom stereocenters. The molecule has 0 bridgehead atoms. The van der Waals surface area contributed by atoms with Crippen molar-refractivity contribution in [2.75, 3.05) is 0 Å². The average Bonchev–Trinajstić information content (AvgIpc) is 1.90. The molecule has 1 aliphatic heterocycles. The van der Waals surface area contributed by atoms with Crippen LogP contribution in [0.1, 0.15) is 19.3 Å². The number of hydrogen-bond acceptors (Lipinski definition) is 2. The second kappa shape index (κ2) is 8.26. The van der Waals surface area contributed by atoms with Gasteiger partial charge < -0.3 is 5.48 Å². The van der Waals surface area contributed by atoms with Crippen molar-refractivity contribution < 1.29 is 14.6 Å². The molecule has 0 saturated carbocycles. The molecule has 0 aromatic heterocycles. The Kier molecular flexibility index (Phi) is 11.4. The Morgan fingerprint density at radius 3 is 1.73 bits per heavy atom. The van der Waals surface area contributed by atoms with Crippen LogP contribution in [0.5, 0.6) is 0 Å². The molecule has 1 heterocycles. The van der Waals surface area contributed by atoms with Crippen molar-refractivity contribution in [1.29, 1.82) is 0 Å². The molecule has 0 aliphatic carbocycles. The van der Waals surface area contributed by atoms with Crippen molar-refractivity contribution in [3.05, 3.63) is 0 Å². The maximum absolute atomic E-state index is 10.5. The van der Waals surface area contributed by atoms with Gasteiger partial charge >= 0.3 is 51.4 Å². The summed E-state index contributed by atoms with van der Waals surface area (Å²) in [6.45, 7) is 0. The first-order valence-corrected chi connectivity index (χ1v) is 7.87. The molecule has 1 fully saturated rings. The minimum absolute atomic E-state index is 0. The molecule has 0 atom stereocenters. The van der Waals surface area contributed by atoms with Gasteiger partial charge in [-0.3, -0.25) is 9.13 Å². The van der Waals surface area contributed by atoms with Crippen molar-refractivity contribution in [2.45, 2.75) is 29.8 Å². The number of rotatable bonds is 1. The van der Waals surface area contributed by atoms with Crippen LogP contribution in [-0.4, -0.2) is 56.9 Å². The maximum atomic E-state index is 10.5. The molecule has 3 nitrogen and oxygen atoms in total.